The molecule has 0 aliphatic carbocycles. The van der Waals surface area contributed by atoms with Crippen LogP contribution in [0, 0.1) is 0 Å². The molecule has 0 atom stereocenters. The summed E-state index contributed by atoms with van der Waals surface area (Å²) in [7, 11) is 0. The summed E-state index contributed by atoms with van der Waals surface area (Å²) >= 11 is -0.104. The van der Waals surface area contributed by atoms with E-state index in [1.807, 2.05) is 0 Å². The molecule has 1 aromatic heterocycles. The highest BCUT2D eigenvalue weighted by Gasteiger charge is 2.27. The van der Waals surface area contributed by atoms with E-state index in [0.29, 0.717) is 5.82 Å². The average Bonchev–Trinajstić information content (AvgIpc) is 2.24. The molecular weight excluding hydrogens is 255 g/mol. The number of aromatic nitrogens is 1. The van der Waals surface area contributed by atoms with E-state index in [0.717, 1.165) is 0 Å². The largest absolute Gasteiger partial charge is 0.441 e. The number of hydrogen-bond donors (Lipinski definition) is 2. The van der Waals surface area contributed by atoms with Crippen LogP contribution in [0.25, 0.3) is 0 Å². The molecule has 0 bridgehead atoms. The van der Waals surface area contributed by atoms with Gasteiger partial charge in [-0.3, -0.25) is 4.79 Å². The Morgan fingerprint density at radius 2 is 2.18 bits per heavy atom. The van der Waals surface area contributed by atoms with Crippen molar-refractivity contribution >= 4 is 23.5 Å². The maximum atomic E-state index is 11.8. The van der Waals surface area contributed by atoms with Crippen LogP contribution in [0.15, 0.2) is 18.3 Å². The molecule has 0 fully saturated rings. The lowest BCUT2D eigenvalue weighted by Gasteiger charge is -2.07. The molecule has 0 saturated carbocycles. The van der Waals surface area contributed by atoms with E-state index in [2.05, 4.69) is 10.3 Å². The third-order valence-corrected chi connectivity index (χ3v) is 2.46. The van der Waals surface area contributed by atoms with Gasteiger partial charge in [-0.1, -0.05) is 0 Å². The van der Waals surface area contributed by atoms with Gasteiger partial charge in [-0.2, -0.15) is 13.2 Å². The number of nitrogens with zero attached hydrogens (tertiary/aromatic N) is 1. The van der Waals surface area contributed by atoms with Gasteiger partial charge in [0.15, 0.2) is 0 Å². The molecule has 0 aliphatic heterocycles. The van der Waals surface area contributed by atoms with Crippen molar-refractivity contribution in [3.63, 3.8) is 0 Å². The van der Waals surface area contributed by atoms with Gasteiger partial charge in [-0.05, 0) is 23.9 Å². The molecule has 3 N–H and O–H groups in total. The molecule has 1 aromatic rings. The van der Waals surface area contributed by atoms with Gasteiger partial charge in [0.25, 0.3) is 0 Å². The first-order valence-corrected chi connectivity index (χ1v) is 5.57. The van der Waals surface area contributed by atoms with Crippen LogP contribution in [0.3, 0.4) is 0 Å². The molecule has 1 heterocycles. The Bertz CT molecular complexity index is 380. The van der Waals surface area contributed by atoms with Gasteiger partial charge in [0.1, 0.15) is 5.82 Å². The molecule has 0 aromatic carbocycles. The van der Waals surface area contributed by atoms with Crippen LogP contribution >= 0.6 is 11.8 Å². The second-order valence-corrected chi connectivity index (χ2v) is 4.18. The highest BCUT2D eigenvalue weighted by molar-refractivity contribution is 8.00. The fourth-order valence-corrected chi connectivity index (χ4v) is 1.43. The number of halogens is 3. The lowest BCUT2D eigenvalue weighted by Crippen LogP contribution is -2.13. The zero-order valence-electron chi connectivity index (χ0n) is 8.62. The first-order valence-electron chi connectivity index (χ1n) is 4.59. The van der Waals surface area contributed by atoms with Gasteiger partial charge < -0.3 is 11.1 Å². The van der Waals surface area contributed by atoms with E-state index >= 15 is 0 Å². The number of primary amides is 1. The number of carbonyl (C=O) groups is 1. The van der Waals surface area contributed by atoms with E-state index < -0.39 is 11.4 Å². The van der Waals surface area contributed by atoms with Crippen LogP contribution in [0.2, 0.25) is 0 Å². The Labute approximate surface area is 99.8 Å². The van der Waals surface area contributed by atoms with Gasteiger partial charge in [0.2, 0.25) is 5.91 Å². The number of nitrogens with one attached hydrogen (secondary N) is 1. The van der Waals surface area contributed by atoms with Crippen molar-refractivity contribution in [1.82, 2.24) is 4.98 Å². The molecule has 0 aliphatic rings. The highest BCUT2D eigenvalue weighted by atomic mass is 32.2. The quantitative estimate of drug-likeness (QED) is 0.797. The predicted octanol–water partition coefficient (Wildman–Crippen LogP) is 1.85. The summed E-state index contributed by atoms with van der Waals surface area (Å²) in [5.74, 6) is -0.308. The van der Waals surface area contributed by atoms with E-state index in [9.17, 15) is 18.0 Å². The number of anilines is 1. The Kier molecular flexibility index (Phi) is 4.62. The van der Waals surface area contributed by atoms with Gasteiger partial charge in [0, 0.05) is 18.5 Å². The molecule has 1 rings (SSSR count). The number of amides is 1. The summed E-state index contributed by atoms with van der Waals surface area (Å²) in [6.07, 6.45) is 1.27. The standard InChI is InChI=1S/C9H10F3N3OS/c10-9(11,12)17-4-3-14-7-2-1-6(5-15-7)8(13)16/h1-2,5H,3-4H2,(H2,13,16)(H,14,15). The Morgan fingerprint density at radius 3 is 2.65 bits per heavy atom. The molecule has 0 spiro atoms. The Balaban J connectivity index is 2.35. The predicted molar refractivity (Wildman–Crippen MR) is 59.8 cm³/mol. The highest BCUT2D eigenvalue weighted by Crippen LogP contribution is 2.29. The number of thioether (sulfide) groups is 1. The van der Waals surface area contributed by atoms with E-state index in [1.165, 1.54) is 18.3 Å². The van der Waals surface area contributed by atoms with Crippen LogP contribution in [-0.2, 0) is 0 Å². The second kappa shape index (κ2) is 5.76. The monoisotopic (exact) mass is 265 g/mol. The topological polar surface area (TPSA) is 68.0 Å². The van der Waals surface area contributed by atoms with Crippen molar-refractivity contribution in [3.05, 3.63) is 23.9 Å². The van der Waals surface area contributed by atoms with Gasteiger partial charge >= 0.3 is 5.51 Å². The zero-order valence-corrected chi connectivity index (χ0v) is 9.44. The summed E-state index contributed by atoms with van der Waals surface area (Å²) in [5.41, 5.74) is 1.04. The summed E-state index contributed by atoms with van der Waals surface area (Å²) < 4.78 is 35.4. The van der Waals surface area contributed by atoms with E-state index in [-0.39, 0.29) is 29.6 Å². The summed E-state index contributed by atoms with van der Waals surface area (Å²) in [4.78, 5) is 14.5. The van der Waals surface area contributed by atoms with Crippen LogP contribution in [0.5, 0.6) is 0 Å². The first kappa shape index (κ1) is 13.6. The third-order valence-electron chi connectivity index (χ3n) is 1.72. The van der Waals surface area contributed by atoms with Crippen molar-refractivity contribution in [2.45, 2.75) is 5.51 Å². The number of nitrogens with two attached hydrogens (primary N) is 1. The fourth-order valence-electron chi connectivity index (χ4n) is 0.990. The second-order valence-electron chi connectivity index (χ2n) is 3.02. The molecule has 4 nitrogen and oxygen atoms in total. The SMILES string of the molecule is NC(=O)c1ccc(NCCSC(F)(F)F)nc1. The third kappa shape index (κ3) is 5.43. The minimum atomic E-state index is -4.22. The Morgan fingerprint density at radius 1 is 1.47 bits per heavy atom. The molecule has 17 heavy (non-hydrogen) atoms. The molecule has 8 heteroatoms. The van der Waals surface area contributed by atoms with Crippen molar-refractivity contribution in [1.29, 1.82) is 0 Å². The van der Waals surface area contributed by atoms with Crippen molar-refractivity contribution in [2.75, 3.05) is 17.6 Å². The number of alkyl halides is 3. The molecule has 0 saturated heterocycles. The summed E-state index contributed by atoms with van der Waals surface area (Å²) in [6.45, 7) is 0.132. The minimum Gasteiger partial charge on any atom is -0.369 e. The van der Waals surface area contributed by atoms with Gasteiger partial charge in [0.05, 0.1) is 5.56 Å². The van der Waals surface area contributed by atoms with Gasteiger partial charge in [-0.25, -0.2) is 4.98 Å². The van der Waals surface area contributed by atoms with Crippen molar-refractivity contribution in [2.24, 2.45) is 5.73 Å². The minimum absolute atomic E-state index is 0.104. The number of pyridine rings is 1. The molecule has 0 unspecified atom stereocenters. The average molecular weight is 265 g/mol. The maximum Gasteiger partial charge on any atom is 0.441 e. The van der Waals surface area contributed by atoms with Crippen LogP contribution < -0.4 is 11.1 Å². The lowest BCUT2D eigenvalue weighted by molar-refractivity contribution is -0.0327. The van der Waals surface area contributed by atoms with Crippen LogP contribution in [0.4, 0.5) is 19.0 Å². The normalized spacial score (nSPS) is 11.2. The summed E-state index contributed by atoms with van der Waals surface area (Å²) in [6, 6.07) is 2.94. The molecule has 94 valence electrons. The maximum absolute atomic E-state index is 11.8. The van der Waals surface area contributed by atoms with Crippen molar-refractivity contribution < 1.29 is 18.0 Å². The van der Waals surface area contributed by atoms with E-state index in [4.69, 9.17) is 5.73 Å². The van der Waals surface area contributed by atoms with Crippen LogP contribution in [-0.4, -0.2) is 28.7 Å². The van der Waals surface area contributed by atoms with Crippen LogP contribution in [0.1, 0.15) is 10.4 Å². The van der Waals surface area contributed by atoms with Gasteiger partial charge in [-0.15, -0.1) is 0 Å². The zero-order chi connectivity index (χ0) is 12.9. The Hall–Kier alpha value is -1.44. The molecule has 1 amide bonds. The number of hydrogen-bond acceptors (Lipinski definition) is 4. The van der Waals surface area contributed by atoms with Crippen molar-refractivity contribution in [3.8, 4) is 0 Å². The fraction of sp³-hybridized carbons (Fsp3) is 0.333. The van der Waals surface area contributed by atoms with E-state index in [1.54, 1.807) is 0 Å². The first-order chi connectivity index (χ1) is 7.88. The number of carbonyl (C=O) groups excluding carboxylic acids is 1. The number of rotatable bonds is 5. The smallest absolute Gasteiger partial charge is 0.369 e. The summed E-state index contributed by atoms with van der Waals surface area (Å²) in [5, 5.41) is 2.70. The lowest BCUT2D eigenvalue weighted by atomic mass is 10.3. The molecule has 0 radical (unpaired) electrons. The molecular formula is C9H10F3N3OS.